The fourth-order valence-electron chi connectivity index (χ4n) is 4.15. The highest BCUT2D eigenvalue weighted by atomic mass is 16.6. The minimum absolute atomic E-state index is 0.0199. The van der Waals surface area contributed by atoms with Crippen LogP contribution in [0.4, 0.5) is 11.4 Å². The number of carbonyl (C=O) groups excluding carboxylic acids is 4. The number of ether oxygens (including phenoxy) is 1. The van der Waals surface area contributed by atoms with Crippen molar-refractivity contribution in [1.82, 2.24) is 0 Å². The maximum absolute atomic E-state index is 12.9. The number of hydrogen-bond donors (Lipinski definition) is 0. The van der Waals surface area contributed by atoms with Gasteiger partial charge in [0.15, 0.2) is 6.61 Å². The summed E-state index contributed by atoms with van der Waals surface area (Å²) in [5.74, 6) is -3.13. The number of benzene rings is 2. The van der Waals surface area contributed by atoms with Crippen molar-refractivity contribution in [3.8, 4) is 0 Å². The summed E-state index contributed by atoms with van der Waals surface area (Å²) in [7, 11) is 0. The third-order valence-corrected chi connectivity index (χ3v) is 5.93. The molecule has 2 aliphatic rings. The first kappa shape index (κ1) is 22.1. The maximum atomic E-state index is 12.9. The van der Waals surface area contributed by atoms with Gasteiger partial charge in [0.05, 0.1) is 28.0 Å². The fourth-order valence-corrected chi connectivity index (χ4v) is 4.15. The van der Waals surface area contributed by atoms with Crippen LogP contribution in [-0.4, -0.2) is 35.1 Å². The molecule has 2 aromatic carbocycles. The summed E-state index contributed by atoms with van der Waals surface area (Å²) < 4.78 is 5.14. The van der Waals surface area contributed by atoms with E-state index in [1.54, 1.807) is 19.1 Å². The molecule has 9 heteroatoms. The van der Waals surface area contributed by atoms with Gasteiger partial charge in [0.2, 0.25) is 17.6 Å². The summed E-state index contributed by atoms with van der Waals surface area (Å²) in [6.07, 6.45) is 4.68. The zero-order valence-corrected chi connectivity index (χ0v) is 17.7. The Labute approximate surface area is 188 Å². The van der Waals surface area contributed by atoms with Crippen LogP contribution in [0.1, 0.15) is 39.1 Å². The molecule has 0 radical (unpaired) electrons. The third-order valence-electron chi connectivity index (χ3n) is 5.93. The number of nitro benzene ring substituents is 1. The number of hydrogen-bond acceptors (Lipinski definition) is 7. The fraction of sp³-hybridized carbons (Fsp3) is 0.250. The number of fused-ring (bicyclic) bond motifs is 1. The maximum Gasteiger partial charge on any atom is 0.340 e. The highest BCUT2D eigenvalue weighted by Crippen LogP contribution is 2.38. The van der Waals surface area contributed by atoms with E-state index in [-0.39, 0.29) is 34.3 Å². The van der Waals surface area contributed by atoms with Crippen LogP contribution in [-0.2, 0) is 14.3 Å². The molecule has 0 unspecified atom stereocenters. The quantitative estimate of drug-likeness (QED) is 0.166. The molecule has 1 saturated heterocycles. The van der Waals surface area contributed by atoms with Gasteiger partial charge in [-0.25, -0.2) is 9.69 Å². The van der Waals surface area contributed by atoms with E-state index < -0.39 is 35.1 Å². The van der Waals surface area contributed by atoms with Gasteiger partial charge in [0.1, 0.15) is 0 Å². The Kier molecular flexibility index (Phi) is 5.87. The molecule has 2 aromatic rings. The van der Waals surface area contributed by atoms with Gasteiger partial charge >= 0.3 is 5.97 Å². The number of nitrogens with zero attached hydrogens (tertiary/aromatic N) is 2. The van der Waals surface area contributed by atoms with Crippen LogP contribution in [0.3, 0.4) is 0 Å². The first-order valence-electron chi connectivity index (χ1n) is 10.4. The molecule has 2 atom stereocenters. The number of imide groups is 1. The second-order valence-corrected chi connectivity index (χ2v) is 7.94. The second kappa shape index (κ2) is 8.78. The number of Topliss-reactive ketones (excluding diaryl/α,β-unsaturated/α-hetero) is 1. The Morgan fingerprint density at radius 2 is 1.70 bits per heavy atom. The van der Waals surface area contributed by atoms with Gasteiger partial charge in [-0.05, 0) is 31.9 Å². The summed E-state index contributed by atoms with van der Waals surface area (Å²) in [6.45, 7) is 0.904. The highest BCUT2D eigenvalue weighted by molar-refractivity contribution is 6.24. The smallest absolute Gasteiger partial charge is 0.340 e. The molecule has 33 heavy (non-hydrogen) atoms. The SMILES string of the molecule is Cc1ccc(C(=O)COC(=O)c2ccccc2N2C(=O)[C@H]3CC=CC[C@H]3C2=O)cc1[N+](=O)[O-]. The van der Waals surface area contributed by atoms with Gasteiger partial charge < -0.3 is 4.74 Å². The van der Waals surface area contributed by atoms with Crippen molar-refractivity contribution in [2.45, 2.75) is 19.8 Å². The normalized spacial score (nSPS) is 19.4. The lowest BCUT2D eigenvalue weighted by Crippen LogP contribution is -2.32. The largest absolute Gasteiger partial charge is 0.454 e. The number of esters is 1. The molecule has 1 aliphatic heterocycles. The Balaban J connectivity index is 1.52. The Hall–Kier alpha value is -4.14. The van der Waals surface area contributed by atoms with Crippen LogP contribution in [0.15, 0.2) is 54.6 Å². The molecule has 0 saturated carbocycles. The van der Waals surface area contributed by atoms with Gasteiger partial charge in [-0.3, -0.25) is 24.5 Å². The number of carbonyl (C=O) groups is 4. The topological polar surface area (TPSA) is 124 Å². The molecule has 1 heterocycles. The lowest BCUT2D eigenvalue weighted by atomic mass is 9.85. The number of nitro groups is 1. The Bertz CT molecular complexity index is 1190. The van der Waals surface area contributed by atoms with E-state index in [4.69, 9.17) is 4.74 Å². The van der Waals surface area contributed by atoms with E-state index in [2.05, 4.69) is 0 Å². The molecule has 0 aromatic heterocycles. The molecule has 4 rings (SSSR count). The average molecular weight is 448 g/mol. The van der Waals surface area contributed by atoms with E-state index in [1.807, 2.05) is 12.2 Å². The van der Waals surface area contributed by atoms with Crippen molar-refractivity contribution < 1.29 is 28.8 Å². The van der Waals surface area contributed by atoms with Crippen LogP contribution in [0.2, 0.25) is 0 Å². The van der Waals surface area contributed by atoms with Crippen molar-refractivity contribution in [2.24, 2.45) is 11.8 Å². The van der Waals surface area contributed by atoms with E-state index >= 15 is 0 Å². The van der Waals surface area contributed by atoms with Gasteiger partial charge in [0, 0.05) is 17.2 Å². The monoisotopic (exact) mass is 448 g/mol. The van der Waals surface area contributed by atoms with Gasteiger partial charge in [-0.2, -0.15) is 0 Å². The van der Waals surface area contributed by atoms with Crippen LogP contribution in [0, 0.1) is 28.9 Å². The number of rotatable bonds is 6. The number of anilines is 1. The molecule has 0 spiro atoms. The highest BCUT2D eigenvalue weighted by Gasteiger charge is 2.48. The molecule has 1 fully saturated rings. The van der Waals surface area contributed by atoms with E-state index in [9.17, 15) is 29.3 Å². The standard InChI is InChI=1S/C24H20N2O7/c1-14-10-11-15(12-20(14)26(31)32)21(27)13-33-24(30)18-8-4-5-9-19(18)25-22(28)16-6-2-3-7-17(16)23(25)29/h2-5,8-12,16-17H,6-7,13H2,1H3/t16-,17+. The van der Waals surface area contributed by atoms with Gasteiger partial charge in [0.25, 0.3) is 5.69 Å². The first-order valence-corrected chi connectivity index (χ1v) is 10.4. The molecule has 0 N–H and O–H groups in total. The molecule has 0 bridgehead atoms. The lowest BCUT2D eigenvalue weighted by Gasteiger charge is -2.18. The van der Waals surface area contributed by atoms with Gasteiger partial charge in [-0.1, -0.05) is 36.4 Å². The molecule has 1 aliphatic carbocycles. The van der Waals surface area contributed by atoms with Crippen molar-refractivity contribution in [1.29, 1.82) is 0 Å². The first-order chi connectivity index (χ1) is 15.8. The Morgan fingerprint density at radius 1 is 1.06 bits per heavy atom. The van der Waals surface area contributed by atoms with Crippen molar-refractivity contribution in [2.75, 3.05) is 11.5 Å². The number of allylic oxidation sites excluding steroid dienone is 2. The van der Waals surface area contributed by atoms with Crippen LogP contribution < -0.4 is 4.90 Å². The molecular weight excluding hydrogens is 428 g/mol. The predicted octanol–water partition coefficient (Wildman–Crippen LogP) is 3.40. The number of aryl methyl sites for hydroxylation is 1. The minimum atomic E-state index is -0.880. The minimum Gasteiger partial charge on any atom is -0.454 e. The van der Waals surface area contributed by atoms with Crippen LogP contribution in [0.5, 0.6) is 0 Å². The third kappa shape index (κ3) is 4.05. The van der Waals surface area contributed by atoms with Crippen molar-refractivity contribution in [3.05, 3.63) is 81.4 Å². The molecular formula is C24H20N2O7. The number of amides is 2. The lowest BCUT2D eigenvalue weighted by molar-refractivity contribution is -0.385. The zero-order chi connectivity index (χ0) is 23.7. The van der Waals surface area contributed by atoms with Crippen LogP contribution in [0.25, 0.3) is 0 Å². The predicted molar refractivity (Wildman–Crippen MR) is 117 cm³/mol. The molecule has 168 valence electrons. The average Bonchev–Trinajstić information content (AvgIpc) is 3.07. The number of para-hydroxylation sites is 1. The van der Waals surface area contributed by atoms with Crippen LogP contribution >= 0.6 is 0 Å². The summed E-state index contributed by atoms with van der Waals surface area (Å²) in [6, 6.07) is 10.1. The second-order valence-electron chi connectivity index (χ2n) is 7.94. The molecule has 2 amide bonds. The van der Waals surface area contributed by atoms with Crippen molar-refractivity contribution >= 4 is 34.9 Å². The van der Waals surface area contributed by atoms with Crippen molar-refractivity contribution in [3.63, 3.8) is 0 Å². The summed E-state index contributed by atoms with van der Waals surface area (Å²) in [5.41, 5.74) is 0.325. The Morgan fingerprint density at radius 3 is 2.33 bits per heavy atom. The van der Waals surface area contributed by atoms with E-state index in [1.165, 1.54) is 24.3 Å². The van der Waals surface area contributed by atoms with E-state index in [0.29, 0.717) is 18.4 Å². The zero-order valence-electron chi connectivity index (χ0n) is 17.7. The summed E-state index contributed by atoms with van der Waals surface area (Å²) >= 11 is 0. The summed E-state index contributed by atoms with van der Waals surface area (Å²) in [5, 5.41) is 11.1. The summed E-state index contributed by atoms with van der Waals surface area (Å²) in [4.78, 5) is 62.6. The number of ketones is 1. The van der Waals surface area contributed by atoms with E-state index in [0.717, 1.165) is 11.0 Å². The van der Waals surface area contributed by atoms with Gasteiger partial charge in [-0.15, -0.1) is 0 Å². The molecule has 9 nitrogen and oxygen atoms in total.